The SMILES string of the molecule is C=CCOC(=O)N1C[C@@H](SC(c2ccccc2)(c2ccccc2)c2ccccc2)C[C@H]1C(=O)C=[N+]=[N-]. The average molecular weight is 498 g/mol. The highest BCUT2D eigenvalue weighted by molar-refractivity contribution is 8.01. The summed E-state index contributed by atoms with van der Waals surface area (Å²) in [7, 11) is 0. The zero-order chi connectivity index (χ0) is 25.4. The van der Waals surface area contributed by atoms with Gasteiger partial charge in [0.1, 0.15) is 12.6 Å². The van der Waals surface area contributed by atoms with E-state index >= 15 is 0 Å². The van der Waals surface area contributed by atoms with Gasteiger partial charge in [-0.2, -0.15) is 4.79 Å². The summed E-state index contributed by atoms with van der Waals surface area (Å²) in [6.07, 6.45) is 2.14. The summed E-state index contributed by atoms with van der Waals surface area (Å²) in [6.45, 7) is 3.94. The van der Waals surface area contributed by atoms with E-state index in [1.165, 1.54) is 11.0 Å². The maximum absolute atomic E-state index is 12.8. The molecule has 3 aromatic carbocycles. The van der Waals surface area contributed by atoms with E-state index < -0.39 is 22.7 Å². The van der Waals surface area contributed by atoms with Crippen LogP contribution in [0.5, 0.6) is 0 Å². The molecule has 0 aromatic heterocycles. The Morgan fingerprint density at radius 2 is 1.47 bits per heavy atom. The van der Waals surface area contributed by atoms with E-state index in [1.54, 1.807) is 11.8 Å². The number of likely N-dealkylation sites (tertiary alicyclic amines) is 1. The second kappa shape index (κ2) is 11.7. The van der Waals surface area contributed by atoms with Crippen molar-refractivity contribution >= 4 is 29.9 Å². The summed E-state index contributed by atoms with van der Waals surface area (Å²) >= 11 is 1.71. The van der Waals surface area contributed by atoms with Gasteiger partial charge in [0, 0.05) is 11.8 Å². The number of carbonyl (C=O) groups excluding carboxylic acids is 2. The number of ether oxygens (including phenoxy) is 1. The van der Waals surface area contributed by atoms with Crippen molar-refractivity contribution in [2.24, 2.45) is 0 Å². The molecule has 0 saturated carbocycles. The van der Waals surface area contributed by atoms with Crippen molar-refractivity contribution in [2.45, 2.75) is 22.5 Å². The Kier molecular flexibility index (Phi) is 8.16. The average Bonchev–Trinajstić information content (AvgIpc) is 3.36. The lowest BCUT2D eigenvalue weighted by atomic mass is 9.84. The van der Waals surface area contributed by atoms with Crippen molar-refractivity contribution in [1.29, 1.82) is 0 Å². The van der Waals surface area contributed by atoms with Gasteiger partial charge in [-0.25, -0.2) is 4.79 Å². The largest absolute Gasteiger partial charge is 0.445 e. The fourth-order valence-electron chi connectivity index (χ4n) is 4.68. The molecule has 0 N–H and O–H groups in total. The van der Waals surface area contributed by atoms with Crippen LogP contribution in [-0.2, 0) is 14.3 Å². The number of hydrogen-bond donors (Lipinski definition) is 0. The topological polar surface area (TPSA) is 83.0 Å². The first kappa shape index (κ1) is 25.2. The molecule has 1 aliphatic rings. The van der Waals surface area contributed by atoms with E-state index in [1.807, 2.05) is 54.6 Å². The second-order valence-electron chi connectivity index (χ2n) is 8.44. The van der Waals surface area contributed by atoms with Crippen LogP contribution in [0.1, 0.15) is 23.1 Å². The van der Waals surface area contributed by atoms with Crippen LogP contribution >= 0.6 is 11.8 Å². The van der Waals surface area contributed by atoms with Gasteiger partial charge in [-0.05, 0) is 23.1 Å². The van der Waals surface area contributed by atoms with Crippen molar-refractivity contribution < 1.29 is 19.1 Å². The molecule has 0 bridgehead atoms. The minimum Gasteiger partial charge on any atom is -0.445 e. The molecule has 0 radical (unpaired) electrons. The van der Waals surface area contributed by atoms with Gasteiger partial charge in [0.25, 0.3) is 5.78 Å². The molecule has 7 heteroatoms. The third-order valence-electron chi connectivity index (χ3n) is 6.22. The van der Waals surface area contributed by atoms with E-state index in [9.17, 15) is 9.59 Å². The molecule has 36 heavy (non-hydrogen) atoms. The number of hydrogen-bond acceptors (Lipinski definition) is 4. The van der Waals surface area contributed by atoms with Gasteiger partial charge in [0.2, 0.25) is 0 Å². The first-order valence-electron chi connectivity index (χ1n) is 11.7. The van der Waals surface area contributed by atoms with E-state index in [-0.39, 0.29) is 11.9 Å². The van der Waals surface area contributed by atoms with Crippen LogP contribution in [0.4, 0.5) is 4.79 Å². The van der Waals surface area contributed by atoms with Crippen LogP contribution in [0.15, 0.2) is 104 Å². The molecular formula is C29H27N3O3S. The maximum atomic E-state index is 12.8. The van der Waals surface area contributed by atoms with Crippen molar-refractivity contribution in [3.63, 3.8) is 0 Å². The van der Waals surface area contributed by atoms with Crippen LogP contribution in [-0.4, -0.2) is 52.2 Å². The fraction of sp³-hybridized carbons (Fsp3) is 0.207. The van der Waals surface area contributed by atoms with Gasteiger partial charge in [0.15, 0.2) is 0 Å². The van der Waals surface area contributed by atoms with Gasteiger partial charge < -0.3 is 10.3 Å². The summed E-state index contributed by atoms with van der Waals surface area (Å²) < 4.78 is 4.68. The van der Waals surface area contributed by atoms with Crippen molar-refractivity contribution in [1.82, 2.24) is 4.90 Å². The molecule has 0 spiro atoms. The Balaban J connectivity index is 1.80. The summed E-state index contributed by atoms with van der Waals surface area (Å²) in [5.41, 5.74) is 12.2. The van der Waals surface area contributed by atoms with Gasteiger partial charge in [-0.15, -0.1) is 11.8 Å². The van der Waals surface area contributed by atoms with Gasteiger partial charge in [0.05, 0.1) is 4.75 Å². The minimum atomic E-state index is -0.782. The van der Waals surface area contributed by atoms with Crippen LogP contribution in [0.3, 0.4) is 0 Å². The van der Waals surface area contributed by atoms with Gasteiger partial charge >= 0.3 is 12.3 Å². The first-order chi connectivity index (χ1) is 17.6. The summed E-state index contributed by atoms with van der Waals surface area (Å²) in [5, 5.41) is -0.108. The molecule has 0 aliphatic carbocycles. The Hall–Kier alpha value is -3.93. The predicted molar refractivity (Wildman–Crippen MR) is 142 cm³/mol. The lowest BCUT2D eigenvalue weighted by Gasteiger charge is -2.37. The number of rotatable bonds is 9. The number of nitrogens with zero attached hydrogens (tertiary/aromatic N) is 3. The van der Waals surface area contributed by atoms with Gasteiger partial charge in [-0.3, -0.25) is 9.69 Å². The van der Waals surface area contributed by atoms with Crippen LogP contribution in [0.2, 0.25) is 0 Å². The molecule has 2 atom stereocenters. The number of amides is 1. The highest BCUT2D eigenvalue weighted by Gasteiger charge is 2.46. The minimum absolute atomic E-state index is 0.0458. The highest BCUT2D eigenvalue weighted by atomic mass is 32.2. The van der Waals surface area contributed by atoms with Crippen molar-refractivity contribution in [2.75, 3.05) is 13.2 Å². The third kappa shape index (κ3) is 5.18. The first-order valence-corrected chi connectivity index (χ1v) is 12.6. The summed E-state index contributed by atoms with van der Waals surface area (Å²) in [4.78, 5) is 29.9. The Bertz CT molecular complexity index is 1150. The molecule has 6 nitrogen and oxygen atoms in total. The lowest BCUT2D eigenvalue weighted by Crippen LogP contribution is -2.41. The van der Waals surface area contributed by atoms with E-state index in [0.29, 0.717) is 13.0 Å². The molecular weight excluding hydrogens is 470 g/mol. The van der Waals surface area contributed by atoms with Crippen molar-refractivity contribution in [3.05, 3.63) is 126 Å². The van der Waals surface area contributed by atoms with E-state index in [4.69, 9.17) is 10.3 Å². The molecule has 1 saturated heterocycles. The van der Waals surface area contributed by atoms with Crippen LogP contribution < -0.4 is 0 Å². The predicted octanol–water partition coefficient (Wildman–Crippen LogP) is 5.35. The molecule has 1 fully saturated rings. The molecule has 0 unspecified atom stereocenters. The number of thioether (sulfide) groups is 1. The summed E-state index contributed by atoms with van der Waals surface area (Å²) in [6, 6.07) is 30.0. The second-order valence-corrected chi connectivity index (χ2v) is 9.95. The van der Waals surface area contributed by atoms with Crippen molar-refractivity contribution in [3.8, 4) is 0 Å². The normalized spacial score (nSPS) is 17.2. The highest BCUT2D eigenvalue weighted by Crippen LogP contribution is 2.52. The van der Waals surface area contributed by atoms with E-state index in [2.05, 4.69) is 47.8 Å². The number of benzene rings is 3. The van der Waals surface area contributed by atoms with Crippen LogP contribution in [0.25, 0.3) is 5.53 Å². The number of ketones is 1. The Labute approximate surface area is 215 Å². The zero-order valence-electron chi connectivity index (χ0n) is 19.8. The van der Waals surface area contributed by atoms with E-state index in [0.717, 1.165) is 22.9 Å². The third-order valence-corrected chi connectivity index (χ3v) is 7.96. The molecule has 4 rings (SSSR count). The maximum Gasteiger partial charge on any atom is 0.410 e. The monoisotopic (exact) mass is 497 g/mol. The Morgan fingerprint density at radius 1 is 0.972 bits per heavy atom. The fourth-order valence-corrected chi connectivity index (χ4v) is 6.51. The van der Waals surface area contributed by atoms with Crippen LogP contribution in [0, 0.1) is 0 Å². The number of Topliss-reactive ketones (excluding diaryl/α,β-unsaturated/α-hetero) is 1. The Morgan fingerprint density at radius 3 is 1.92 bits per heavy atom. The van der Waals surface area contributed by atoms with Gasteiger partial charge in [-0.1, -0.05) is 104 Å². The number of carbonyl (C=O) groups is 2. The molecule has 1 aliphatic heterocycles. The zero-order valence-corrected chi connectivity index (χ0v) is 20.6. The smallest absolute Gasteiger partial charge is 0.410 e. The summed E-state index contributed by atoms with van der Waals surface area (Å²) in [5.74, 6) is -0.444. The quantitative estimate of drug-likeness (QED) is 0.131. The molecule has 182 valence electrons. The molecule has 1 heterocycles. The molecule has 3 aromatic rings. The lowest BCUT2D eigenvalue weighted by molar-refractivity contribution is -0.119. The molecule has 1 amide bonds. The standard InChI is InChI=1S/C29H27N3O3S/c1-2-18-35-28(34)32-21-25(19-26(32)27(33)20-31-30)36-29(22-12-6-3-7-13-22,23-14-8-4-9-15-23)24-16-10-5-11-17-24/h2-17,20,25-26H,1,18-19,21H2/t25-,26-/m0/s1.